The molecule has 78 valence electrons. The molecule has 0 saturated heterocycles. The van der Waals surface area contributed by atoms with Gasteiger partial charge in [-0.2, -0.15) is 5.34 Å². The Balaban J connectivity index is -0.0000000389. The molecule has 0 aliphatic heterocycles. The number of hydrogen-bond donors (Lipinski definition) is 2. The summed E-state index contributed by atoms with van der Waals surface area (Å²) >= 11 is 9.28. The second-order valence-corrected chi connectivity index (χ2v) is 1.78. The van der Waals surface area contributed by atoms with Gasteiger partial charge in [0.15, 0.2) is 0 Å². The summed E-state index contributed by atoms with van der Waals surface area (Å²) in [5, 5.41) is 15.8. The van der Waals surface area contributed by atoms with E-state index in [1.807, 2.05) is 0 Å². The van der Waals surface area contributed by atoms with E-state index in [0.29, 0.717) is 0 Å². The van der Waals surface area contributed by atoms with Crippen LogP contribution in [-0.4, -0.2) is 22.2 Å². The Labute approximate surface area is 91.3 Å². The summed E-state index contributed by atoms with van der Waals surface area (Å²) < 4.78 is 0. The van der Waals surface area contributed by atoms with Gasteiger partial charge in [0.25, 0.3) is 11.9 Å². The van der Waals surface area contributed by atoms with Gasteiger partial charge in [0.2, 0.25) is 0 Å². The van der Waals surface area contributed by atoms with E-state index in [0.717, 1.165) is 19.2 Å². The largest absolute Gasteiger partial charge is 1.00 e. The topological polar surface area (TPSA) is 74.6 Å². The Morgan fingerprint density at radius 1 is 1.08 bits per heavy atom. The molecule has 0 aliphatic rings. The van der Waals surface area contributed by atoms with Gasteiger partial charge in [0.05, 0.1) is 0 Å². The van der Waals surface area contributed by atoms with Gasteiger partial charge in [-0.25, -0.2) is 0 Å². The second kappa shape index (κ2) is 22.5. The van der Waals surface area contributed by atoms with Gasteiger partial charge < -0.3 is 33.4 Å². The van der Waals surface area contributed by atoms with E-state index in [1.165, 1.54) is 0 Å². The summed E-state index contributed by atoms with van der Waals surface area (Å²) in [4.78, 5) is 18.0. The smallest absolute Gasteiger partial charge is 0.481 e. The van der Waals surface area contributed by atoms with Crippen molar-refractivity contribution >= 4 is 35.1 Å². The van der Waals surface area contributed by atoms with Gasteiger partial charge >= 0.3 is 17.1 Å². The summed E-state index contributed by atoms with van der Waals surface area (Å²) in [5.41, 5.74) is 0. The molecule has 0 aliphatic carbocycles. The number of hydrogen-bond acceptors (Lipinski definition) is 2. The molecule has 0 fully saturated rings. The van der Waals surface area contributed by atoms with E-state index in [9.17, 15) is 0 Å². The molecule has 0 atom stereocenters. The number of carbonyl (C=O) groups is 2. The van der Waals surface area contributed by atoms with E-state index in [-0.39, 0.29) is 17.1 Å². The number of halogens is 2. The van der Waals surface area contributed by atoms with Gasteiger partial charge in [-0.1, -0.05) is 0 Å². The molecule has 4 nitrogen and oxygen atoms in total. The van der Waals surface area contributed by atoms with Gasteiger partial charge in [0.1, 0.15) is 0 Å². The molecule has 12 heavy (non-hydrogen) atoms. The quantitative estimate of drug-likeness (QED) is 0.518. The zero-order valence-electron chi connectivity index (χ0n) is 6.35. The molecule has 0 aromatic carbocycles. The molecule has 0 amide bonds. The van der Waals surface area contributed by atoms with Crippen LogP contribution in [0.4, 0.5) is 0 Å². The molecule has 7 heteroatoms. The molecular weight excluding hydrogens is 259 g/mol. The standard InChI is InChI=1S/2C2H4O2.CHCl2.Cu/c2*1-2(3)4;2-1-3;/h2*1H3,(H,3,4);1H;/q;;-1;+1. The third kappa shape index (κ3) is 526000. The molecule has 0 unspecified atom stereocenters. The Hall–Kier alpha value is 0.0395. The monoisotopic (exact) mass is 266 g/mol. The van der Waals surface area contributed by atoms with Crippen LogP contribution in [0.15, 0.2) is 0 Å². The van der Waals surface area contributed by atoms with Crippen LogP contribution in [0, 0.1) is 5.34 Å². The molecule has 0 bridgehead atoms. The summed E-state index contributed by atoms with van der Waals surface area (Å²) in [6.07, 6.45) is 0. The van der Waals surface area contributed by atoms with Crippen molar-refractivity contribution in [3.63, 3.8) is 0 Å². The molecule has 0 aromatic rings. The van der Waals surface area contributed by atoms with Gasteiger partial charge in [-0.15, -0.1) is 0 Å². The third-order valence-corrected chi connectivity index (χ3v) is 0. The summed E-state index contributed by atoms with van der Waals surface area (Å²) in [6.45, 7) is 2.17. The van der Waals surface area contributed by atoms with Crippen molar-refractivity contribution in [3.8, 4) is 0 Å². The van der Waals surface area contributed by atoms with Crippen LogP contribution in [0.25, 0.3) is 0 Å². The molecule has 0 saturated carbocycles. The normalized spacial score (nSPS) is 5.67. The van der Waals surface area contributed by atoms with Crippen molar-refractivity contribution in [1.29, 1.82) is 0 Å². The number of carboxylic acid groups (broad SMARTS) is 2. The van der Waals surface area contributed by atoms with Crippen molar-refractivity contribution in [2.45, 2.75) is 13.8 Å². The predicted molar refractivity (Wildman–Crippen MR) is 42.6 cm³/mol. The Kier molecular flexibility index (Phi) is 42.5. The van der Waals surface area contributed by atoms with Crippen LogP contribution < -0.4 is 0 Å². The predicted octanol–water partition coefficient (Wildman–Crippen LogP) is 1.76. The van der Waals surface area contributed by atoms with Crippen molar-refractivity contribution in [2.75, 3.05) is 0 Å². The van der Waals surface area contributed by atoms with Crippen molar-refractivity contribution in [1.82, 2.24) is 0 Å². The average molecular weight is 268 g/mol. The Morgan fingerprint density at radius 2 is 1.08 bits per heavy atom. The van der Waals surface area contributed by atoms with Crippen LogP contribution in [0.3, 0.4) is 0 Å². The maximum absolute atomic E-state index is 9.00. The van der Waals surface area contributed by atoms with E-state index < -0.39 is 11.9 Å². The molecule has 2 N–H and O–H groups in total. The molecule has 0 aromatic heterocycles. The van der Waals surface area contributed by atoms with E-state index in [4.69, 9.17) is 19.8 Å². The molecule has 0 rings (SSSR count). The minimum atomic E-state index is -0.833. The molecule has 0 radical (unpaired) electrons. The van der Waals surface area contributed by atoms with Crippen molar-refractivity contribution < 1.29 is 36.9 Å². The van der Waals surface area contributed by atoms with E-state index in [1.54, 1.807) is 0 Å². The first-order valence-electron chi connectivity index (χ1n) is 2.29. The van der Waals surface area contributed by atoms with Crippen LogP contribution in [0.2, 0.25) is 0 Å². The Morgan fingerprint density at radius 3 is 1.08 bits per heavy atom. The maximum Gasteiger partial charge on any atom is 1.00 e. The summed E-state index contributed by atoms with van der Waals surface area (Å²) in [5.74, 6) is -1.67. The number of carboxylic acids is 2. The zero-order valence-corrected chi connectivity index (χ0v) is 8.80. The summed E-state index contributed by atoms with van der Waals surface area (Å²) in [6, 6.07) is 0. The van der Waals surface area contributed by atoms with Crippen LogP contribution in [-0.2, 0) is 26.7 Å². The first-order chi connectivity index (χ1) is 4.88. The molecule has 0 spiro atoms. The van der Waals surface area contributed by atoms with E-state index in [2.05, 4.69) is 23.2 Å². The van der Waals surface area contributed by atoms with E-state index >= 15 is 0 Å². The first-order valence-corrected chi connectivity index (χ1v) is 3.16. The van der Waals surface area contributed by atoms with Crippen LogP contribution >= 0.6 is 23.2 Å². The van der Waals surface area contributed by atoms with Gasteiger partial charge in [-0.05, 0) is 0 Å². The Bertz CT molecular complexity index is 89.6. The first kappa shape index (κ1) is 22.7. The van der Waals surface area contributed by atoms with Gasteiger partial charge in [0, 0.05) is 13.8 Å². The number of aliphatic carboxylic acids is 2. The minimum absolute atomic E-state index is 0. The third-order valence-electron chi connectivity index (χ3n) is 0. The van der Waals surface area contributed by atoms with Crippen molar-refractivity contribution in [3.05, 3.63) is 5.34 Å². The van der Waals surface area contributed by atoms with Crippen molar-refractivity contribution in [2.24, 2.45) is 0 Å². The molecule has 0 heterocycles. The molecular formula is C5H9Cl2CuO4. The zero-order chi connectivity index (χ0) is 9.86. The van der Waals surface area contributed by atoms with Gasteiger partial charge in [-0.3, -0.25) is 9.59 Å². The fraction of sp³-hybridized carbons (Fsp3) is 0.400. The number of rotatable bonds is 0. The maximum atomic E-state index is 9.00. The fourth-order valence-corrected chi connectivity index (χ4v) is 0. The SMILES string of the molecule is CC(=O)O.CC(=O)O.Cl[CH-]Cl.[Cu+]. The second-order valence-electron chi connectivity index (χ2n) is 1.12. The van der Waals surface area contributed by atoms with Crippen LogP contribution in [0.1, 0.15) is 13.8 Å². The van der Waals surface area contributed by atoms with Crippen LogP contribution in [0.5, 0.6) is 0 Å². The summed E-state index contributed by atoms with van der Waals surface area (Å²) in [7, 11) is 0. The fourth-order valence-electron chi connectivity index (χ4n) is 0. The average Bonchev–Trinajstić information content (AvgIpc) is 1.60. The minimum Gasteiger partial charge on any atom is -0.481 e.